The summed E-state index contributed by atoms with van der Waals surface area (Å²) in [6.45, 7) is 5.04. The number of hydrogen-bond donors (Lipinski definition) is 3. The second kappa shape index (κ2) is 8.66. The van der Waals surface area contributed by atoms with Crippen molar-refractivity contribution in [3.63, 3.8) is 0 Å². The summed E-state index contributed by atoms with van der Waals surface area (Å²) >= 11 is 0. The standard InChI is InChI=1S/C20H31NO.C4H4O4/c1-19-9-7-16-15(18(19)17(21-3)8-10-19)5-4-13-12-14(22)6-11-20(13,16)2;5-3(6)1-2-4(7)8/h12,15-18,21H,4-11H2,1-3H3;1-2H,(H,5,6)(H,7,8)/b;2-1-/t15-,16+,17?,18-,19-,20+;/m1./s1. The Morgan fingerprint density at radius 1 is 1.03 bits per heavy atom. The molecule has 6 nitrogen and oxygen atoms in total. The van der Waals surface area contributed by atoms with Crippen LogP contribution in [0, 0.1) is 28.6 Å². The van der Waals surface area contributed by atoms with Crippen molar-refractivity contribution in [3.05, 3.63) is 23.8 Å². The van der Waals surface area contributed by atoms with Crippen LogP contribution in [0.2, 0.25) is 0 Å². The average molecular weight is 418 g/mol. The molecule has 4 aliphatic rings. The molecule has 6 atom stereocenters. The number of fused-ring (bicyclic) bond motifs is 5. The minimum absolute atomic E-state index is 0.318. The fraction of sp³-hybridized carbons (Fsp3) is 0.708. The summed E-state index contributed by atoms with van der Waals surface area (Å²) in [7, 11) is 2.16. The number of ketones is 1. The van der Waals surface area contributed by atoms with E-state index in [1.54, 1.807) is 0 Å². The normalized spacial score (nSPS) is 39.8. The highest BCUT2D eigenvalue weighted by atomic mass is 16.4. The number of allylic oxidation sites excluding steroid dienone is 1. The predicted octanol–water partition coefficient (Wildman–Crippen LogP) is 3.82. The summed E-state index contributed by atoms with van der Waals surface area (Å²) in [4.78, 5) is 31.0. The molecule has 0 aromatic heterocycles. The Hall–Kier alpha value is -1.95. The van der Waals surface area contributed by atoms with Gasteiger partial charge in [-0.1, -0.05) is 19.4 Å². The monoisotopic (exact) mass is 417 g/mol. The molecule has 4 aliphatic carbocycles. The molecule has 0 aromatic rings. The van der Waals surface area contributed by atoms with Crippen LogP contribution in [0.15, 0.2) is 23.8 Å². The maximum Gasteiger partial charge on any atom is 0.328 e. The number of nitrogens with one attached hydrogen (secondary N) is 1. The third-order valence-electron chi connectivity index (χ3n) is 8.53. The fourth-order valence-electron chi connectivity index (χ4n) is 7.09. The zero-order valence-corrected chi connectivity index (χ0v) is 18.3. The topological polar surface area (TPSA) is 104 Å². The molecule has 0 aliphatic heterocycles. The van der Waals surface area contributed by atoms with Crippen molar-refractivity contribution >= 4 is 17.7 Å². The zero-order valence-electron chi connectivity index (χ0n) is 18.3. The molecule has 0 amide bonds. The van der Waals surface area contributed by atoms with Crippen molar-refractivity contribution in [2.45, 2.75) is 71.3 Å². The molecule has 3 fully saturated rings. The Morgan fingerprint density at radius 3 is 2.27 bits per heavy atom. The first kappa shape index (κ1) is 22.7. The molecule has 166 valence electrons. The van der Waals surface area contributed by atoms with Gasteiger partial charge in [-0.3, -0.25) is 4.79 Å². The lowest BCUT2D eigenvalue weighted by molar-refractivity contribution is -0.134. The maximum atomic E-state index is 11.9. The van der Waals surface area contributed by atoms with E-state index in [9.17, 15) is 14.4 Å². The molecule has 1 unspecified atom stereocenters. The van der Waals surface area contributed by atoms with Crippen LogP contribution in [-0.2, 0) is 14.4 Å². The highest BCUT2D eigenvalue weighted by molar-refractivity contribution is 5.91. The summed E-state index contributed by atoms with van der Waals surface area (Å²) in [5, 5.41) is 19.3. The maximum absolute atomic E-state index is 11.9. The summed E-state index contributed by atoms with van der Waals surface area (Å²) in [6, 6.07) is 0.720. The van der Waals surface area contributed by atoms with E-state index in [0.29, 0.717) is 28.8 Å². The molecule has 0 heterocycles. The van der Waals surface area contributed by atoms with Crippen molar-refractivity contribution < 1.29 is 24.6 Å². The molecule has 0 spiro atoms. The third kappa shape index (κ3) is 4.25. The fourth-order valence-corrected chi connectivity index (χ4v) is 7.09. The van der Waals surface area contributed by atoms with E-state index >= 15 is 0 Å². The minimum atomic E-state index is -1.26. The number of aliphatic carboxylic acids is 2. The van der Waals surface area contributed by atoms with E-state index in [1.165, 1.54) is 44.1 Å². The first-order chi connectivity index (χ1) is 14.1. The summed E-state index contributed by atoms with van der Waals surface area (Å²) in [5.41, 5.74) is 2.38. The Bertz CT molecular complexity index is 756. The first-order valence-electron chi connectivity index (χ1n) is 11.2. The lowest BCUT2D eigenvalue weighted by Crippen LogP contribution is -2.53. The van der Waals surface area contributed by atoms with E-state index in [-0.39, 0.29) is 0 Å². The van der Waals surface area contributed by atoms with Crippen molar-refractivity contribution in [2.24, 2.45) is 28.6 Å². The summed E-state index contributed by atoms with van der Waals surface area (Å²) in [6.07, 6.45) is 13.1. The molecule has 0 bridgehead atoms. The van der Waals surface area contributed by atoms with E-state index in [0.717, 1.165) is 36.6 Å². The number of carboxylic acid groups (broad SMARTS) is 2. The quantitative estimate of drug-likeness (QED) is 0.603. The SMILES string of the molecule is CNC1CC[C@@]2(C)CC[C@H]3[C@@H](CCC4=CC(=O)CC[C@@]43C)[C@H]12.O=C(O)/C=C\C(=O)O. The van der Waals surface area contributed by atoms with Gasteiger partial charge in [0.25, 0.3) is 0 Å². The predicted molar refractivity (Wildman–Crippen MR) is 114 cm³/mol. The van der Waals surface area contributed by atoms with Gasteiger partial charge in [-0.2, -0.15) is 0 Å². The lowest BCUT2D eigenvalue weighted by atomic mass is 9.47. The highest BCUT2D eigenvalue weighted by Crippen LogP contribution is 2.65. The minimum Gasteiger partial charge on any atom is -0.478 e. The van der Waals surface area contributed by atoms with Gasteiger partial charge in [-0.15, -0.1) is 0 Å². The molecule has 0 aromatic carbocycles. The zero-order chi connectivity index (χ0) is 22.1. The van der Waals surface area contributed by atoms with Crippen LogP contribution in [0.4, 0.5) is 0 Å². The largest absolute Gasteiger partial charge is 0.478 e. The summed E-state index contributed by atoms with van der Waals surface area (Å²) in [5.74, 6) is 0.397. The van der Waals surface area contributed by atoms with Crippen molar-refractivity contribution in [1.29, 1.82) is 0 Å². The van der Waals surface area contributed by atoms with Crippen molar-refractivity contribution in [2.75, 3.05) is 7.05 Å². The molecule has 3 N–H and O–H groups in total. The first-order valence-corrected chi connectivity index (χ1v) is 11.2. The summed E-state index contributed by atoms with van der Waals surface area (Å²) < 4.78 is 0. The third-order valence-corrected chi connectivity index (χ3v) is 8.53. The Morgan fingerprint density at radius 2 is 1.67 bits per heavy atom. The van der Waals surface area contributed by atoms with Gasteiger partial charge in [0.2, 0.25) is 0 Å². The highest BCUT2D eigenvalue weighted by Gasteiger charge is 2.58. The van der Waals surface area contributed by atoms with E-state index < -0.39 is 11.9 Å². The smallest absolute Gasteiger partial charge is 0.328 e. The lowest BCUT2D eigenvalue weighted by Gasteiger charge is -2.58. The van der Waals surface area contributed by atoms with Crippen LogP contribution in [0.1, 0.15) is 65.2 Å². The molecule has 0 radical (unpaired) electrons. The van der Waals surface area contributed by atoms with E-state index in [1.807, 2.05) is 6.08 Å². The molecule has 30 heavy (non-hydrogen) atoms. The van der Waals surface area contributed by atoms with Gasteiger partial charge in [-0.05, 0) is 86.7 Å². The van der Waals surface area contributed by atoms with Gasteiger partial charge in [0.05, 0.1) is 0 Å². The number of hydrogen-bond acceptors (Lipinski definition) is 4. The number of carbonyl (C=O) groups excluding carboxylic acids is 1. The van der Waals surface area contributed by atoms with Crippen LogP contribution in [0.3, 0.4) is 0 Å². The van der Waals surface area contributed by atoms with Gasteiger partial charge in [0.15, 0.2) is 5.78 Å². The molecular weight excluding hydrogens is 382 g/mol. The van der Waals surface area contributed by atoms with Gasteiger partial charge in [-0.25, -0.2) is 9.59 Å². The van der Waals surface area contributed by atoms with Crippen molar-refractivity contribution in [1.82, 2.24) is 5.32 Å². The molecule has 3 saturated carbocycles. The average Bonchev–Trinajstić information content (AvgIpc) is 3.04. The van der Waals surface area contributed by atoms with Crippen LogP contribution in [0.25, 0.3) is 0 Å². The van der Waals surface area contributed by atoms with Gasteiger partial charge in [0, 0.05) is 24.6 Å². The second-order valence-electron chi connectivity index (χ2n) is 10.0. The van der Waals surface area contributed by atoms with Gasteiger partial charge < -0.3 is 15.5 Å². The van der Waals surface area contributed by atoms with Crippen LogP contribution in [0.5, 0.6) is 0 Å². The van der Waals surface area contributed by atoms with Crippen LogP contribution < -0.4 is 5.32 Å². The Balaban J connectivity index is 0.000000275. The number of carboxylic acids is 2. The number of rotatable bonds is 3. The molecule has 0 saturated heterocycles. The Labute approximate surface area is 178 Å². The van der Waals surface area contributed by atoms with Crippen LogP contribution >= 0.6 is 0 Å². The van der Waals surface area contributed by atoms with Gasteiger partial charge >= 0.3 is 11.9 Å². The Kier molecular flexibility index (Phi) is 6.56. The molecule has 6 heteroatoms. The van der Waals surface area contributed by atoms with Crippen LogP contribution in [-0.4, -0.2) is 41.0 Å². The van der Waals surface area contributed by atoms with Gasteiger partial charge in [0.1, 0.15) is 0 Å². The number of carbonyl (C=O) groups is 3. The van der Waals surface area contributed by atoms with Crippen molar-refractivity contribution in [3.8, 4) is 0 Å². The van der Waals surface area contributed by atoms with E-state index in [4.69, 9.17) is 10.2 Å². The molecule has 4 rings (SSSR count). The second-order valence-corrected chi connectivity index (χ2v) is 10.0. The van der Waals surface area contributed by atoms with E-state index in [2.05, 4.69) is 26.2 Å². The molecular formula is C24H35NO5.